The van der Waals surface area contributed by atoms with Gasteiger partial charge in [-0.3, -0.25) is 14.4 Å². The molecule has 0 aromatic rings. The summed E-state index contributed by atoms with van der Waals surface area (Å²) < 4.78 is 109. The monoisotopic (exact) mass is 1730 g/mol. The standard InChI is InChI=1S/C79H122O41/c1-28-42(87)58(109-31(4)82)54(99)70(106-28)114-56-30(3)108-71(63(61(56)110-32(5)83)119-68-51(96)47(92)55(29(2)107-68)113-67-53(98)57(37(86)26-105-67)115-65-48(93)43(88)35(84)24-103-65)120-73(102)79-20-18-74(6,7)22-34(79)33-12-13-40-75(8)16-15-41(76(9,27-81)39(75)14-17-78(40,11)77(33,10)19-21-79)112-72-62(118-69-50(95)46(91)45(90)38(23-80)111-69)59(52(97)60(117-72)64(100)101)116-66-49(94)44(89)36(85)25-104-66/h12,27-30,34-63,65-72,80,84-99H,13-26H2,1-11H3,(H,100,101)/t28-,29+,30-,34+,35-,36-,37-,38-,39-,40-,41+,42-,43+,44+,45+,46+,47+,48-,49-,50-,51-,52+,53-,54-,55+,56+,57+,58+,59+,60+,61+,62-,63-,65+,66+,67+,68+,69+,70+,71+,72-,75+,76+,77-,78-,79+/m1/s1. The molecule has 46 atom stereocenters. The van der Waals surface area contributed by atoms with E-state index in [0.29, 0.717) is 51.4 Å². The second kappa shape index (κ2) is 35.9. The summed E-state index contributed by atoms with van der Waals surface area (Å²) in [5.74, 6) is -5.50. The van der Waals surface area contributed by atoms with Crippen molar-refractivity contribution >= 4 is 30.2 Å². The van der Waals surface area contributed by atoms with Crippen molar-refractivity contribution in [3.8, 4) is 0 Å². The van der Waals surface area contributed by atoms with Gasteiger partial charge in [-0.2, -0.15) is 0 Å². The molecule has 0 aromatic heterocycles. The molecule has 13 rings (SSSR count). The molecule has 8 heterocycles. The third-order valence-electron chi connectivity index (χ3n) is 29.1. The zero-order valence-corrected chi connectivity index (χ0v) is 68.7. The molecule has 684 valence electrons. The van der Waals surface area contributed by atoms with Gasteiger partial charge >= 0.3 is 23.9 Å². The van der Waals surface area contributed by atoms with Crippen molar-refractivity contribution < 1.29 is 201 Å². The minimum Gasteiger partial charge on any atom is -0.479 e. The summed E-state index contributed by atoms with van der Waals surface area (Å²) in [5.41, 5.74) is -4.04. The first-order valence-corrected chi connectivity index (χ1v) is 41.5. The number of carbonyl (C=O) groups is 5. The highest BCUT2D eigenvalue weighted by molar-refractivity contribution is 5.79. The smallest absolute Gasteiger partial charge is 0.335 e. The Bertz CT molecular complexity index is 3620. The molecule has 0 aromatic carbocycles. The third-order valence-corrected chi connectivity index (χ3v) is 29.1. The minimum atomic E-state index is -2.23. The van der Waals surface area contributed by atoms with Crippen molar-refractivity contribution in [3.05, 3.63) is 11.6 Å². The van der Waals surface area contributed by atoms with Crippen LogP contribution in [0.2, 0.25) is 0 Å². The molecular formula is C79H122O41. The summed E-state index contributed by atoms with van der Waals surface area (Å²) in [4.78, 5) is 69.8. The van der Waals surface area contributed by atoms with Gasteiger partial charge in [0.2, 0.25) is 6.29 Å². The number of aliphatic hydroxyl groups excluding tert-OH is 17. The molecule has 0 unspecified atom stereocenters. The summed E-state index contributed by atoms with van der Waals surface area (Å²) in [6.45, 7) is 16.4. The quantitative estimate of drug-likeness (QED) is 0.0168. The van der Waals surface area contributed by atoms with Gasteiger partial charge in [0.15, 0.2) is 68.4 Å². The first-order chi connectivity index (χ1) is 56.3. The summed E-state index contributed by atoms with van der Waals surface area (Å²) in [6, 6.07) is 0. The molecule has 18 N–H and O–H groups in total. The van der Waals surface area contributed by atoms with Gasteiger partial charge in [0.25, 0.3) is 0 Å². The Morgan fingerprint density at radius 2 is 0.942 bits per heavy atom. The Kier molecular flexibility index (Phi) is 28.0. The number of carboxylic acid groups (broad SMARTS) is 1. The molecule has 5 aliphatic carbocycles. The van der Waals surface area contributed by atoms with Crippen LogP contribution in [0.1, 0.15) is 140 Å². The van der Waals surface area contributed by atoms with Gasteiger partial charge in [0.1, 0.15) is 141 Å². The summed E-state index contributed by atoms with van der Waals surface area (Å²) in [6.07, 6.45) is -60.8. The molecule has 0 spiro atoms. The fraction of sp³-hybridized carbons (Fsp3) is 0.911. The van der Waals surface area contributed by atoms with Crippen molar-refractivity contribution in [1.29, 1.82) is 0 Å². The normalized spacial score (nSPS) is 52.8. The third kappa shape index (κ3) is 17.0. The molecule has 120 heavy (non-hydrogen) atoms. The largest absolute Gasteiger partial charge is 0.479 e. The van der Waals surface area contributed by atoms with Crippen LogP contribution in [0.3, 0.4) is 0 Å². The van der Waals surface area contributed by atoms with Crippen molar-refractivity contribution in [3.63, 3.8) is 0 Å². The number of hydrogen-bond donors (Lipinski definition) is 18. The van der Waals surface area contributed by atoms with Gasteiger partial charge < -0.3 is 182 Å². The number of aliphatic carboxylic acids is 1. The molecule has 41 nitrogen and oxygen atoms in total. The number of hydrogen-bond acceptors (Lipinski definition) is 40. The Morgan fingerprint density at radius 3 is 1.55 bits per heavy atom. The van der Waals surface area contributed by atoms with Crippen molar-refractivity contribution in [1.82, 2.24) is 0 Å². The van der Waals surface area contributed by atoms with E-state index in [1.165, 1.54) is 20.8 Å². The number of ether oxygens (including phenoxy) is 18. The van der Waals surface area contributed by atoms with Gasteiger partial charge in [0, 0.05) is 13.8 Å². The maximum atomic E-state index is 16.4. The molecule has 41 heteroatoms. The van der Waals surface area contributed by atoms with Crippen LogP contribution in [-0.2, 0) is 109 Å². The molecule has 0 amide bonds. The number of aliphatic hydroxyl groups is 17. The number of esters is 3. The SMILES string of the molecule is CC(=O)O[C@@H]1[C@@H](O)[C@H](O[C@@H]2[C@H](OC(C)=O)[C@@H](O[C@@H]3O[C@@H](C)[C@H](O[C@@H]4OC[C@@H](O)[C@H](O[C@@H]5OC[C@@H](O)[C@H](O)[C@H]5O)[C@H]4O)[C@@H](O)[C@H]3O)[C@H](OC(=O)[C@]34CCC(C)(C)C[C@H]3C3=CC[C@@H]5[C@@]6(C)CC[C@H](O[C@@H]7O[C@H](C(=O)O)[C@@H](O)[C@H](O[C@@H]8OC[C@@H](O)[C@H](O)[C@H]8O)[C@H]7O[C@@H]7O[C@H](CO)[C@H](O)[C@H](O)[C@H]7O)[C@@](C)(C=O)[C@@H]6CC[C@@]5(C)[C@]3(C)CC4)O[C@@H]2C)O[C@H](C)[C@H]1O. The topological polar surface area (TPSA) is 616 Å². The van der Waals surface area contributed by atoms with Crippen molar-refractivity contribution in [2.24, 2.45) is 50.2 Å². The first kappa shape index (κ1) is 93.6. The number of carboxylic acids is 1. The second-order valence-corrected chi connectivity index (χ2v) is 37.0. The maximum absolute atomic E-state index is 16.4. The van der Waals surface area contributed by atoms with E-state index in [9.17, 15) is 111 Å². The van der Waals surface area contributed by atoms with Gasteiger partial charge in [-0.1, -0.05) is 53.2 Å². The van der Waals surface area contributed by atoms with Crippen LogP contribution in [0.25, 0.3) is 0 Å². The van der Waals surface area contributed by atoms with Crippen LogP contribution in [0, 0.1) is 50.2 Å². The lowest BCUT2D eigenvalue weighted by Crippen LogP contribution is -2.69. The van der Waals surface area contributed by atoms with Crippen LogP contribution in [0.15, 0.2) is 11.6 Å². The Morgan fingerprint density at radius 1 is 0.442 bits per heavy atom. The lowest BCUT2D eigenvalue weighted by Gasteiger charge is -2.71. The van der Waals surface area contributed by atoms with E-state index in [-0.39, 0.29) is 24.2 Å². The molecule has 12 fully saturated rings. The lowest BCUT2D eigenvalue weighted by atomic mass is 9.33. The molecule has 13 aliphatic rings. The molecule has 4 saturated carbocycles. The summed E-state index contributed by atoms with van der Waals surface area (Å²) >= 11 is 0. The maximum Gasteiger partial charge on any atom is 0.335 e. The van der Waals surface area contributed by atoms with Gasteiger partial charge in [-0.25, -0.2) is 4.79 Å². The van der Waals surface area contributed by atoms with Crippen LogP contribution in [0.4, 0.5) is 0 Å². The number of rotatable bonds is 21. The van der Waals surface area contributed by atoms with E-state index < -0.39 is 323 Å². The Balaban J connectivity index is 0.781. The molecule has 0 bridgehead atoms. The van der Waals surface area contributed by atoms with E-state index in [4.69, 9.17) is 85.3 Å². The van der Waals surface area contributed by atoms with Crippen LogP contribution in [-0.4, -0.2) is 382 Å². The number of allylic oxidation sites excluding steroid dienone is 2. The highest BCUT2D eigenvalue weighted by Gasteiger charge is 2.72. The minimum absolute atomic E-state index is 0.103. The van der Waals surface area contributed by atoms with Gasteiger partial charge in [-0.15, -0.1) is 0 Å². The van der Waals surface area contributed by atoms with Gasteiger partial charge in [0.05, 0.1) is 61.7 Å². The van der Waals surface area contributed by atoms with Crippen LogP contribution >= 0.6 is 0 Å². The van der Waals surface area contributed by atoms with E-state index in [0.717, 1.165) is 25.7 Å². The molecule has 8 aliphatic heterocycles. The zero-order valence-electron chi connectivity index (χ0n) is 68.7. The zero-order chi connectivity index (χ0) is 87.6. The highest BCUT2D eigenvalue weighted by atomic mass is 16.8. The summed E-state index contributed by atoms with van der Waals surface area (Å²) in [5, 5.41) is 198. The number of carbonyl (C=O) groups excluding carboxylic acids is 4. The molecular weight excluding hydrogens is 1600 g/mol. The second-order valence-electron chi connectivity index (χ2n) is 37.0. The predicted molar refractivity (Wildman–Crippen MR) is 391 cm³/mol. The fourth-order valence-electron chi connectivity index (χ4n) is 22.0. The van der Waals surface area contributed by atoms with Crippen LogP contribution in [0.5, 0.6) is 0 Å². The van der Waals surface area contributed by atoms with Crippen LogP contribution < -0.4 is 0 Å². The van der Waals surface area contributed by atoms with Crippen molar-refractivity contribution in [2.45, 2.75) is 374 Å². The molecule has 8 saturated heterocycles. The molecule has 0 radical (unpaired) electrons. The van der Waals surface area contributed by atoms with E-state index in [2.05, 4.69) is 40.7 Å². The Hall–Kier alpha value is -3.99. The van der Waals surface area contributed by atoms with E-state index in [1.807, 2.05) is 0 Å². The van der Waals surface area contributed by atoms with E-state index >= 15 is 4.79 Å². The number of fused-ring (bicyclic) bond motifs is 7. The van der Waals surface area contributed by atoms with Crippen molar-refractivity contribution in [2.75, 3.05) is 26.4 Å². The average molecular weight is 1730 g/mol. The van der Waals surface area contributed by atoms with E-state index in [1.54, 1.807) is 6.92 Å². The predicted octanol–water partition coefficient (Wildman–Crippen LogP) is -5.33. The summed E-state index contributed by atoms with van der Waals surface area (Å²) in [7, 11) is 0. The lowest BCUT2D eigenvalue weighted by molar-refractivity contribution is -0.391. The first-order valence-electron chi connectivity index (χ1n) is 41.5. The van der Waals surface area contributed by atoms with Gasteiger partial charge in [-0.05, 0) is 124 Å². The number of aldehydes is 1. The fourth-order valence-corrected chi connectivity index (χ4v) is 22.0. The Labute approximate surface area is 691 Å². The highest BCUT2D eigenvalue weighted by Crippen LogP contribution is 2.76. The average Bonchev–Trinajstić information content (AvgIpc) is 0.672.